The molecule has 1 aromatic heterocycles. The van der Waals surface area contributed by atoms with Gasteiger partial charge >= 0.3 is 0 Å². The summed E-state index contributed by atoms with van der Waals surface area (Å²) in [5.41, 5.74) is 2.89. The van der Waals surface area contributed by atoms with Crippen LogP contribution in [0.1, 0.15) is 30.9 Å². The zero-order valence-corrected chi connectivity index (χ0v) is 18.8. The first-order valence-corrected chi connectivity index (χ1v) is 11.9. The number of benzene rings is 2. The van der Waals surface area contributed by atoms with E-state index in [4.69, 9.17) is 9.88 Å². The molecule has 1 heterocycles. The van der Waals surface area contributed by atoms with Gasteiger partial charge in [0, 0.05) is 13.7 Å². The highest BCUT2D eigenvalue weighted by Gasteiger charge is 2.13. The normalized spacial score (nSPS) is 12.8. The second-order valence-corrected chi connectivity index (χ2v) is 9.85. The van der Waals surface area contributed by atoms with Crippen molar-refractivity contribution in [2.45, 2.75) is 37.6 Å². The zero-order chi connectivity index (χ0) is 21.9. The molecule has 2 aromatic carbocycles. The minimum atomic E-state index is -3.81. The van der Waals surface area contributed by atoms with Gasteiger partial charge < -0.3 is 9.30 Å². The molecule has 3 aromatic rings. The van der Waals surface area contributed by atoms with Crippen LogP contribution in [0.15, 0.2) is 52.4 Å². The number of hydrogen-bond acceptors (Lipinski definition) is 5. The van der Waals surface area contributed by atoms with Gasteiger partial charge in [-0.2, -0.15) is 4.99 Å². The minimum absolute atomic E-state index is 0.0262. The van der Waals surface area contributed by atoms with Crippen molar-refractivity contribution in [3.63, 3.8) is 0 Å². The van der Waals surface area contributed by atoms with Gasteiger partial charge in [-0.05, 0) is 35.2 Å². The molecule has 1 amide bonds. The predicted molar refractivity (Wildman–Crippen MR) is 118 cm³/mol. The highest BCUT2D eigenvalue weighted by molar-refractivity contribution is 7.89. The van der Waals surface area contributed by atoms with Crippen LogP contribution < -0.4 is 9.94 Å². The summed E-state index contributed by atoms with van der Waals surface area (Å²) >= 11 is 1.25. The Labute approximate surface area is 179 Å². The molecule has 0 saturated heterocycles. The molecule has 0 spiro atoms. The van der Waals surface area contributed by atoms with Gasteiger partial charge in [-0.15, -0.1) is 0 Å². The molecule has 0 aliphatic heterocycles. The number of methoxy groups -OCH3 is 1. The van der Waals surface area contributed by atoms with E-state index in [1.807, 2.05) is 28.8 Å². The fraction of sp³-hybridized carbons (Fsp3) is 0.333. The Morgan fingerprint density at radius 3 is 2.50 bits per heavy atom. The van der Waals surface area contributed by atoms with Crippen molar-refractivity contribution in [3.05, 3.63) is 58.4 Å². The summed E-state index contributed by atoms with van der Waals surface area (Å²) in [6.45, 7) is 5.16. The quantitative estimate of drug-likeness (QED) is 0.601. The molecule has 0 aliphatic rings. The van der Waals surface area contributed by atoms with E-state index in [1.165, 1.54) is 29.0 Å². The lowest BCUT2D eigenvalue weighted by Gasteiger charge is -2.06. The lowest BCUT2D eigenvalue weighted by molar-refractivity contribution is -0.117. The van der Waals surface area contributed by atoms with Crippen LogP contribution in [-0.2, 0) is 32.5 Å². The zero-order valence-electron chi connectivity index (χ0n) is 17.2. The number of sulfonamides is 1. The molecule has 160 valence electrons. The van der Waals surface area contributed by atoms with Crippen LogP contribution in [-0.4, -0.2) is 32.6 Å². The average Bonchev–Trinajstić information content (AvgIpc) is 3.02. The first-order chi connectivity index (χ1) is 14.2. The number of ether oxygens (including phenoxy) is 1. The number of amides is 1. The van der Waals surface area contributed by atoms with Crippen LogP contribution in [0, 0.1) is 0 Å². The van der Waals surface area contributed by atoms with Crippen LogP contribution in [0.4, 0.5) is 0 Å². The summed E-state index contributed by atoms with van der Waals surface area (Å²) in [5, 5.41) is 5.24. The van der Waals surface area contributed by atoms with Crippen LogP contribution in [0.25, 0.3) is 10.2 Å². The Hall–Kier alpha value is -2.33. The fourth-order valence-electron chi connectivity index (χ4n) is 3.06. The molecule has 7 nitrogen and oxygen atoms in total. The number of thiazole rings is 1. The molecule has 0 fully saturated rings. The van der Waals surface area contributed by atoms with Crippen molar-refractivity contribution < 1.29 is 17.9 Å². The molecule has 30 heavy (non-hydrogen) atoms. The van der Waals surface area contributed by atoms with Crippen molar-refractivity contribution in [3.8, 4) is 0 Å². The Kier molecular flexibility index (Phi) is 6.87. The largest absolute Gasteiger partial charge is 0.383 e. The van der Waals surface area contributed by atoms with E-state index in [9.17, 15) is 13.2 Å². The summed E-state index contributed by atoms with van der Waals surface area (Å²) in [4.78, 5) is 17.4. The summed E-state index contributed by atoms with van der Waals surface area (Å²) in [7, 11) is -2.22. The molecular formula is C21H25N3O4S2. The van der Waals surface area contributed by atoms with E-state index >= 15 is 0 Å². The molecule has 3 rings (SSSR count). The summed E-state index contributed by atoms with van der Waals surface area (Å²) < 4.78 is 31.0. The molecule has 2 N–H and O–H groups in total. The van der Waals surface area contributed by atoms with Crippen LogP contribution in [0.5, 0.6) is 0 Å². The Morgan fingerprint density at radius 1 is 1.20 bits per heavy atom. The number of carbonyl (C=O) groups excluding carboxylic acids is 1. The Bertz CT molecular complexity index is 1220. The predicted octanol–water partition coefficient (Wildman–Crippen LogP) is 2.79. The maximum absolute atomic E-state index is 12.6. The third-order valence-corrected chi connectivity index (χ3v) is 6.68. The molecule has 0 bridgehead atoms. The first kappa shape index (κ1) is 22.4. The monoisotopic (exact) mass is 447 g/mol. The van der Waals surface area contributed by atoms with Crippen molar-refractivity contribution in [1.29, 1.82) is 0 Å². The second-order valence-electron chi connectivity index (χ2n) is 7.28. The number of primary sulfonamides is 1. The number of hydrogen-bond donors (Lipinski definition) is 1. The van der Waals surface area contributed by atoms with Gasteiger partial charge in [0.05, 0.1) is 28.1 Å². The first-order valence-electron chi connectivity index (χ1n) is 9.50. The van der Waals surface area contributed by atoms with E-state index in [0.717, 1.165) is 11.1 Å². The average molecular weight is 448 g/mol. The Balaban J connectivity index is 1.97. The number of carbonyl (C=O) groups is 1. The SMILES string of the molecule is COCCn1c(=NC(=O)Cc2ccc(C(C)C)cc2)sc2cc(S(N)(=O)=O)ccc21. The molecule has 0 saturated carbocycles. The highest BCUT2D eigenvalue weighted by Crippen LogP contribution is 2.21. The maximum Gasteiger partial charge on any atom is 0.252 e. The van der Waals surface area contributed by atoms with Crippen molar-refractivity contribution in [2.24, 2.45) is 10.1 Å². The lowest BCUT2D eigenvalue weighted by atomic mass is 10.0. The fourth-order valence-corrected chi connectivity index (χ4v) is 4.78. The van der Waals surface area contributed by atoms with Gasteiger partial charge in [0.15, 0.2) is 4.80 Å². The molecule has 0 unspecified atom stereocenters. The summed E-state index contributed by atoms with van der Waals surface area (Å²) in [6, 6.07) is 12.6. The molecule has 0 radical (unpaired) electrons. The molecule has 0 atom stereocenters. The van der Waals surface area contributed by atoms with Gasteiger partial charge in [-0.25, -0.2) is 13.6 Å². The molecule has 9 heteroatoms. The summed E-state index contributed by atoms with van der Waals surface area (Å²) in [6.07, 6.45) is 0.194. The lowest BCUT2D eigenvalue weighted by Crippen LogP contribution is -2.19. The molecule has 0 aliphatic carbocycles. The standard InChI is InChI=1S/C21H25N3O4S2/c1-14(2)16-6-4-15(5-7-16)12-20(25)23-21-24(10-11-28-3)18-9-8-17(30(22,26)27)13-19(18)29-21/h4-9,13-14H,10-12H2,1-3H3,(H2,22,26,27). The van der Waals surface area contributed by atoms with Crippen molar-refractivity contribution >= 4 is 37.5 Å². The van der Waals surface area contributed by atoms with Crippen LogP contribution in [0.2, 0.25) is 0 Å². The van der Waals surface area contributed by atoms with Crippen LogP contribution in [0.3, 0.4) is 0 Å². The molecular weight excluding hydrogens is 422 g/mol. The van der Waals surface area contributed by atoms with Crippen molar-refractivity contribution in [2.75, 3.05) is 13.7 Å². The number of nitrogens with zero attached hydrogens (tertiary/aromatic N) is 2. The highest BCUT2D eigenvalue weighted by atomic mass is 32.2. The van der Waals surface area contributed by atoms with E-state index < -0.39 is 10.0 Å². The summed E-state index contributed by atoms with van der Waals surface area (Å²) in [5.74, 6) is 0.164. The van der Waals surface area contributed by atoms with E-state index in [1.54, 1.807) is 13.2 Å². The number of fused-ring (bicyclic) bond motifs is 1. The van der Waals surface area contributed by atoms with Gasteiger partial charge in [-0.3, -0.25) is 4.79 Å². The van der Waals surface area contributed by atoms with Gasteiger partial charge in [0.25, 0.3) is 5.91 Å². The van der Waals surface area contributed by atoms with Gasteiger partial charge in [0.2, 0.25) is 10.0 Å². The number of aromatic nitrogens is 1. The van der Waals surface area contributed by atoms with Crippen molar-refractivity contribution in [1.82, 2.24) is 4.57 Å². The Morgan fingerprint density at radius 2 is 1.90 bits per heavy atom. The van der Waals surface area contributed by atoms with Crippen LogP contribution >= 0.6 is 11.3 Å². The van der Waals surface area contributed by atoms with E-state index in [2.05, 4.69) is 18.8 Å². The number of nitrogens with two attached hydrogens (primary N) is 1. The minimum Gasteiger partial charge on any atom is -0.383 e. The van der Waals surface area contributed by atoms with E-state index in [0.29, 0.717) is 28.6 Å². The second kappa shape index (κ2) is 9.22. The topological polar surface area (TPSA) is 104 Å². The maximum atomic E-state index is 12.6. The third-order valence-electron chi connectivity index (χ3n) is 4.72. The third kappa shape index (κ3) is 5.23. The smallest absolute Gasteiger partial charge is 0.252 e. The number of rotatable bonds is 7. The van der Waals surface area contributed by atoms with Gasteiger partial charge in [-0.1, -0.05) is 49.4 Å². The van der Waals surface area contributed by atoms with E-state index in [-0.39, 0.29) is 17.2 Å². The van der Waals surface area contributed by atoms with Gasteiger partial charge in [0.1, 0.15) is 0 Å².